The van der Waals surface area contributed by atoms with Gasteiger partial charge in [0, 0.05) is 17.2 Å². The quantitative estimate of drug-likeness (QED) is 0.733. The SMILES string of the molecule is CC=CC(=C(C)Cl)C(OC(=O)NCCC)C(C)O. The summed E-state index contributed by atoms with van der Waals surface area (Å²) < 4.78 is 5.20. The van der Waals surface area contributed by atoms with Gasteiger partial charge >= 0.3 is 6.09 Å². The first-order valence-electron chi connectivity index (χ1n) is 6.05. The Balaban J connectivity index is 4.86. The van der Waals surface area contributed by atoms with Crippen LogP contribution in [0.3, 0.4) is 0 Å². The van der Waals surface area contributed by atoms with Crippen LogP contribution in [0.1, 0.15) is 34.1 Å². The Morgan fingerprint density at radius 2 is 2.17 bits per heavy atom. The standard InChI is InChI=1S/C13H22ClNO3/c1-5-7-11(9(3)14)12(10(4)16)18-13(17)15-8-6-2/h5,7,10,12,16H,6,8H2,1-4H3,(H,15,17). The second-order valence-electron chi connectivity index (χ2n) is 3.98. The normalized spacial score (nSPS) is 16.1. The first kappa shape index (κ1) is 17.0. The van der Waals surface area contributed by atoms with Gasteiger partial charge in [0.05, 0.1) is 6.10 Å². The van der Waals surface area contributed by atoms with Gasteiger partial charge in [-0.25, -0.2) is 4.79 Å². The average molecular weight is 276 g/mol. The number of carbonyl (C=O) groups is 1. The maximum absolute atomic E-state index is 11.5. The number of hydrogen-bond donors (Lipinski definition) is 2. The third kappa shape index (κ3) is 6.07. The summed E-state index contributed by atoms with van der Waals surface area (Å²) in [7, 11) is 0. The van der Waals surface area contributed by atoms with Crippen molar-refractivity contribution >= 4 is 17.7 Å². The van der Waals surface area contributed by atoms with Crippen LogP contribution in [0, 0.1) is 0 Å². The molecular weight excluding hydrogens is 254 g/mol. The molecule has 0 aliphatic carbocycles. The van der Waals surface area contributed by atoms with Crippen molar-refractivity contribution in [1.29, 1.82) is 0 Å². The third-order valence-corrected chi connectivity index (χ3v) is 2.46. The van der Waals surface area contributed by atoms with Crippen LogP contribution in [0.25, 0.3) is 0 Å². The monoisotopic (exact) mass is 275 g/mol. The van der Waals surface area contributed by atoms with E-state index in [1.807, 2.05) is 13.8 Å². The molecule has 4 nitrogen and oxygen atoms in total. The molecule has 0 aromatic carbocycles. The Kier molecular flexibility index (Phi) is 8.50. The lowest BCUT2D eigenvalue weighted by molar-refractivity contribution is 0.0333. The van der Waals surface area contributed by atoms with Crippen molar-refractivity contribution in [1.82, 2.24) is 5.32 Å². The summed E-state index contributed by atoms with van der Waals surface area (Å²) >= 11 is 5.95. The van der Waals surface area contributed by atoms with Gasteiger partial charge in [-0.05, 0) is 27.2 Å². The van der Waals surface area contributed by atoms with Crippen molar-refractivity contribution in [2.45, 2.75) is 46.3 Å². The van der Waals surface area contributed by atoms with Crippen LogP contribution >= 0.6 is 11.6 Å². The molecule has 18 heavy (non-hydrogen) atoms. The van der Waals surface area contributed by atoms with Crippen LogP contribution in [-0.4, -0.2) is 30.0 Å². The third-order valence-electron chi connectivity index (χ3n) is 2.24. The summed E-state index contributed by atoms with van der Waals surface area (Å²) in [6.07, 6.45) is 2.17. The molecule has 2 unspecified atom stereocenters. The number of allylic oxidation sites excluding steroid dienone is 2. The number of rotatable bonds is 6. The summed E-state index contributed by atoms with van der Waals surface area (Å²) in [5.74, 6) is 0. The van der Waals surface area contributed by atoms with Crippen LogP contribution < -0.4 is 5.32 Å². The minimum absolute atomic E-state index is 0.488. The number of hydrogen-bond acceptors (Lipinski definition) is 3. The first-order valence-corrected chi connectivity index (χ1v) is 6.43. The first-order chi connectivity index (χ1) is 8.43. The molecule has 0 radical (unpaired) electrons. The Hall–Kier alpha value is -1.00. The van der Waals surface area contributed by atoms with E-state index in [1.165, 1.54) is 0 Å². The number of aliphatic hydroxyl groups excluding tert-OH is 1. The van der Waals surface area contributed by atoms with Gasteiger partial charge in [-0.15, -0.1) is 0 Å². The topological polar surface area (TPSA) is 58.6 Å². The van der Waals surface area contributed by atoms with E-state index in [-0.39, 0.29) is 0 Å². The molecule has 0 bridgehead atoms. The van der Waals surface area contributed by atoms with E-state index in [4.69, 9.17) is 16.3 Å². The fourth-order valence-electron chi connectivity index (χ4n) is 1.39. The van der Waals surface area contributed by atoms with E-state index in [0.717, 1.165) is 6.42 Å². The maximum atomic E-state index is 11.5. The molecule has 0 aliphatic rings. The molecule has 5 heteroatoms. The number of carbonyl (C=O) groups excluding carboxylic acids is 1. The highest BCUT2D eigenvalue weighted by atomic mass is 35.5. The van der Waals surface area contributed by atoms with Crippen molar-refractivity contribution in [3.63, 3.8) is 0 Å². The van der Waals surface area contributed by atoms with Crippen LogP contribution in [-0.2, 0) is 4.74 Å². The molecule has 0 saturated carbocycles. The van der Waals surface area contributed by atoms with Gasteiger partial charge in [-0.3, -0.25) is 0 Å². The van der Waals surface area contributed by atoms with E-state index < -0.39 is 18.3 Å². The molecule has 104 valence electrons. The van der Waals surface area contributed by atoms with Crippen molar-refractivity contribution in [3.8, 4) is 0 Å². The molecule has 2 N–H and O–H groups in total. The summed E-state index contributed by atoms with van der Waals surface area (Å²) in [4.78, 5) is 11.5. The maximum Gasteiger partial charge on any atom is 0.407 e. The van der Waals surface area contributed by atoms with E-state index in [9.17, 15) is 9.90 Å². The van der Waals surface area contributed by atoms with Crippen LogP contribution in [0.5, 0.6) is 0 Å². The molecule has 0 heterocycles. The number of halogens is 1. The summed E-state index contributed by atoms with van der Waals surface area (Å²) in [6, 6.07) is 0. The Morgan fingerprint density at radius 1 is 1.56 bits per heavy atom. The fraction of sp³-hybridized carbons (Fsp3) is 0.615. The Bertz CT molecular complexity index is 320. The largest absolute Gasteiger partial charge is 0.439 e. The second kappa shape index (κ2) is 9.00. The Labute approximate surface area is 114 Å². The van der Waals surface area contributed by atoms with Crippen molar-refractivity contribution in [2.24, 2.45) is 0 Å². The zero-order valence-electron chi connectivity index (χ0n) is 11.4. The molecule has 0 aliphatic heterocycles. The number of nitrogens with one attached hydrogen (secondary N) is 1. The van der Waals surface area contributed by atoms with Crippen LogP contribution in [0.15, 0.2) is 22.8 Å². The van der Waals surface area contributed by atoms with Gasteiger partial charge in [0.25, 0.3) is 0 Å². The van der Waals surface area contributed by atoms with Crippen LogP contribution in [0.2, 0.25) is 0 Å². The highest BCUT2D eigenvalue weighted by molar-refractivity contribution is 6.29. The lowest BCUT2D eigenvalue weighted by Gasteiger charge is -2.22. The van der Waals surface area contributed by atoms with Crippen LogP contribution in [0.4, 0.5) is 4.79 Å². The second-order valence-corrected chi connectivity index (χ2v) is 4.55. The predicted molar refractivity (Wildman–Crippen MR) is 73.6 cm³/mol. The van der Waals surface area contributed by atoms with Gasteiger partial charge in [0.2, 0.25) is 0 Å². The number of ether oxygens (including phenoxy) is 1. The molecule has 0 spiro atoms. The number of aliphatic hydroxyl groups is 1. The minimum atomic E-state index is -0.836. The number of alkyl carbamates (subject to hydrolysis) is 1. The average Bonchev–Trinajstić information content (AvgIpc) is 2.30. The highest BCUT2D eigenvalue weighted by Crippen LogP contribution is 2.20. The van der Waals surface area contributed by atoms with Gasteiger partial charge in [-0.1, -0.05) is 30.7 Å². The highest BCUT2D eigenvalue weighted by Gasteiger charge is 2.24. The van der Waals surface area contributed by atoms with E-state index in [1.54, 1.807) is 26.0 Å². The molecule has 1 amide bonds. The zero-order chi connectivity index (χ0) is 14.1. The summed E-state index contributed by atoms with van der Waals surface area (Å²) in [6.45, 7) is 7.56. The summed E-state index contributed by atoms with van der Waals surface area (Å²) in [5.41, 5.74) is 0.598. The number of amides is 1. The van der Waals surface area contributed by atoms with Gasteiger partial charge in [-0.2, -0.15) is 0 Å². The van der Waals surface area contributed by atoms with Crippen molar-refractivity contribution < 1.29 is 14.6 Å². The minimum Gasteiger partial charge on any atom is -0.439 e. The van der Waals surface area contributed by atoms with Crippen molar-refractivity contribution in [3.05, 3.63) is 22.8 Å². The summed E-state index contributed by atoms with van der Waals surface area (Å²) in [5, 5.41) is 12.8. The van der Waals surface area contributed by atoms with Crippen molar-refractivity contribution in [2.75, 3.05) is 6.54 Å². The predicted octanol–water partition coefficient (Wildman–Crippen LogP) is 2.96. The zero-order valence-corrected chi connectivity index (χ0v) is 12.1. The molecular formula is C13H22ClNO3. The van der Waals surface area contributed by atoms with E-state index >= 15 is 0 Å². The molecule has 0 aromatic heterocycles. The lowest BCUT2D eigenvalue weighted by Crippen LogP contribution is -2.36. The smallest absolute Gasteiger partial charge is 0.407 e. The van der Waals surface area contributed by atoms with Gasteiger partial charge in [0.1, 0.15) is 0 Å². The van der Waals surface area contributed by atoms with E-state index in [0.29, 0.717) is 17.2 Å². The van der Waals surface area contributed by atoms with E-state index in [2.05, 4.69) is 5.32 Å². The molecule has 2 atom stereocenters. The Morgan fingerprint density at radius 3 is 2.56 bits per heavy atom. The molecule has 0 rings (SSSR count). The van der Waals surface area contributed by atoms with Gasteiger partial charge < -0.3 is 15.2 Å². The van der Waals surface area contributed by atoms with Gasteiger partial charge in [0.15, 0.2) is 6.10 Å². The lowest BCUT2D eigenvalue weighted by atomic mass is 10.0. The fourth-order valence-corrected chi connectivity index (χ4v) is 1.56. The molecule has 0 aromatic rings. The molecule has 0 saturated heterocycles. The molecule has 0 fully saturated rings.